The molecule has 1 saturated heterocycles. The molecule has 4 N–H and O–H groups in total. The summed E-state index contributed by atoms with van der Waals surface area (Å²) in [5.41, 5.74) is -1.15. The number of aromatic nitrogens is 1. The van der Waals surface area contributed by atoms with Crippen molar-refractivity contribution in [3.8, 4) is 0 Å². The van der Waals surface area contributed by atoms with Crippen molar-refractivity contribution in [3.63, 3.8) is 0 Å². The zero-order chi connectivity index (χ0) is 12.5. The number of aliphatic hydroxyl groups excluding tert-OH is 4. The van der Waals surface area contributed by atoms with Crippen LogP contribution in [0.4, 0.5) is 0 Å². The van der Waals surface area contributed by atoms with Crippen molar-refractivity contribution in [2.75, 3.05) is 13.2 Å². The van der Waals surface area contributed by atoms with Gasteiger partial charge in [0.1, 0.15) is 18.3 Å². The molecule has 0 bridgehead atoms. The van der Waals surface area contributed by atoms with Crippen molar-refractivity contribution >= 4 is 0 Å². The predicted octanol–water partition coefficient (Wildman–Crippen LogP) is -1.62. The lowest BCUT2D eigenvalue weighted by molar-refractivity contribution is -0.126. The second-order valence-corrected chi connectivity index (χ2v) is 4.04. The maximum atomic E-state index is 9.98. The number of nitrogens with zero attached hydrogens (tertiary/aromatic N) is 1. The second-order valence-electron chi connectivity index (χ2n) is 4.04. The van der Waals surface area contributed by atoms with E-state index in [1.54, 1.807) is 18.2 Å². The Morgan fingerprint density at radius 1 is 1.29 bits per heavy atom. The molecule has 1 fully saturated rings. The minimum Gasteiger partial charge on any atom is -0.394 e. The average Bonchev–Trinajstić information content (AvgIpc) is 2.64. The Morgan fingerprint density at radius 2 is 2.06 bits per heavy atom. The third-order valence-electron chi connectivity index (χ3n) is 3.06. The number of rotatable bonds is 3. The van der Waals surface area contributed by atoms with Gasteiger partial charge in [0, 0.05) is 6.20 Å². The third-order valence-corrected chi connectivity index (χ3v) is 3.06. The molecule has 6 heteroatoms. The van der Waals surface area contributed by atoms with Crippen LogP contribution in [-0.4, -0.2) is 56.9 Å². The van der Waals surface area contributed by atoms with E-state index in [4.69, 9.17) is 9.84 Å². The average molecular weight is 241 g/mol. The lowest BCUT2D eigenvalue weighted by Gasteiger charge is -2.29. The fourth-order valence-corrected chi connectivity index (χ4v) is 2.07. The van der Waals surface area contributed by atoms with E-state index < -0.39 is 37.1 Å². The predicted molar refractivity (Wildman–Crippen MR) is 57.0 cm³/mol. The molecule has 1 aromatic heterocycles. The molecule has 94 valence electrons. The van der Waals surface area contributed by atoms with Gasteiger partial charge < -0.3 is 25.2 Å². The van der Waals surface area contributed by atoms with Crippen molar-refractivity contribution < 1.29 is 25.2 Å². The summed E-state index contributed by atoms with van der Waals surface area (Å²) in [7, 11) is 0. The highest BCUT2D eigenvalue weighted by atomic mass is 16.6. The standard InChI is InChI=1S/C11H15NO5/c13-5-7-9(15)10(16)11(6-14,17-7)8-3-1-2-4-12-8/h1-4,7,9-10,13-16H,5-6H2/t7-,9-,10+,11?/m1/s1. The molecule has 0 saturated carbocycles. The van der Waals surface area contributed by atoms with E-state index in [2.05, 4.69) is 4.98 Å². The molecule has 0 amide bonds. The zero-order valence-corrected chi connectivity index (χ0v) is 9.10. The van der Waals surface area contributed by atoms with E-state index in [0.717, 1.165) is 0 Å². The molecule has 2 heterocycles. The van der Waals surface area contributed by atoms with Crippen molar-refractivity contribution in [2.45, 2.75) is 23.9 Å². The zero-order valence-electron chi connectivity index (χ0n) is 9.10. The molecular formula is C11H15NO5. The number of hydrogen-bond acceptors (Lipinski definition) is 6. The summed E-state index contributed by atoms with van der Waals surface area (Å²) in [5, 5.41) is 38.2. The van der Waals surface area contributed by atoms with E-state index in [0.29, 0.717) is 5.69 Å². The van der Waals surface area contributed by atoms with Crippen LogP contribution < -0.4 is 0 Å². The lowest BCUT2D eigenvalue weighted by Crippen LogP contribution is -2.44. The van der Waals surface area contributed by atoms with Gasteiger partial charge in [-0.1, -0.05) is 6.07 Å². The molecule has 17 heavy (non-hydrogen) atoms. The second kappa shape index (κ2) is 4.67. The van der Waals surface area contributed by atoms with Gasteiger partial charge in [0.15, 0.2) is 5.60 Å². The van der Waals surface area contributed by atoms with Gasteiger partial charge in [-0.3, -0.25) is 4.98 Å². The smallest absolute Gasteiger partial charge is 0.162 e. The summed E-state index contributed by atoms with van der Waals surface area (Å²) in [6.07, 6.45) is -2.02. The fourth-order valence-electron chi connectivity index (χ4n) is 2.07. The highest BCUT2D eigenvalue weighted by Gasteiger charge is 2.55. The molecule has 1 unspecified atom stereocenters. The van der Waals surface area contributed by atoms with Crippen LogP contribution in [0.5, 0.6) is 0 Å². The van der Waals surface area contributed by atoms with Crippen LogP contribution in [0.1, 0.15) is 5.69 Å². The third kappa shape index (κ3) is 1.84. The summed E-state index contributed by atoms with van der Waals surface area (Å²) in [4.78, 5) is 4.02. The summed E-state index contributed by atoms with van der Waals surface area (Å²) >= 11 is 0. The van der Waals surface area contributed by atoms with Crippen LogP contribution in [0.25, 0.3) is 0 Å². The van der Waals surface area contributed by atoms with Gasteiger partial charge >= 0.3 is 0 Å². The molecule has 4 atom stereocenters. The molecule has 0 aromatic carbocycles. The highest BCUT2D eigenvalue weighted by molar-refractivity contribution is 5.20. The van der Waals surface area contributed by atoms with E-state index in [9.17, 15) is 15.3 Å². The SMILES string of the molecule is OC[C@H]1OC(CO)(c2ccccn2)[C@@H](O)[C@@H]1O. The van der Waals surface area contributed by atoms with Gasteiger partial charge in [0.2, 0.25) is 0 Å². The van der Waals surface area contributed by atoms with Crippen molar-refractivity contribution in [3.05, 3.63) is 30.1 Å². The molecule has 2 rings (SSSR count). The van der Waals surface area contributed by atoms with Crippen LogP contribution >= 0.6 is 0 Å². The Hall–Kier alpha value is -1.05. The molecule has 0 radical (unpaired) electrons. The van der Waals surface area contributed by atoms with Crippen molar-refractivity contribution in [1.29, 1.82) is 0 Å². The first-order valence-electron chi connectivity index (χ1n) is 5.33. The maximum Gasteiger partial charge on any atom is 0.162 e. The normalized spacial score (nSPS) is 37.3. The number of aliphatic hydroxyl groups is 4. The van der Waals surface area contributed by atoms with E-state index in [1.807, 2.05) is 0 Å². The van der Waals surface area contributed by atoms with Crippen molar-refractivity contribution in [1.82, 2.24) is 4.98 Å². The molecule has 1 aliphatic rings. The largest absolute Gasteiger partial charge is 0.394 e. The molecule has 6 nitrogen and oxygen atoms in total. The molecule has 0 spiro atoms. The van der Waals surface area contributed by atoms with Gasteiger partial charge in [-0.2, -0.15) is 0 Å². The molecule has 1 aliphatic heterocycles. The first kappa shape index (κ1) is 12.4. The minimum absolute atomic E-state index is 0.324. The number of hydrogen-bond donors (Lipinski definition) is 4. The fraction of sp³-hybridized carbons (Fsp3) is 0.545. The summed E-state index contributed by atoms with van der Waals surface area (Å²) in [6.45, 7) is -0.967. The number of ether oxygens (including phenoxy) is 1. The molecular weight excluding hydrogens is 226 g/mol. The van der Waals surface area contributed by atoms with Gasteiger partial charge in [0.05, 0.1) is 18.9 Å². The highest BCUT2D eigenvalue weighted by Crippen LogP contribution is 2.38. The Bertz CT molecular complexity index is 373. The number of pyridine rings is 1. The monoisotopic (exact) mass is 241 g/mol. The Labute approximate surface area is 98.1 Å². The van der Waals surface area contributed by atoms with Gasteiger partial charge in [-0.05, 0) is 12.1 Å². The van der Waals surface area contributed by atoms with Crippen molar-refractivity contribution in [2.24, 2.45) is 0 Å². The lowest BCUT2D eigenvalue weighted by atomic mass is 9.91. The van der Waals surface area contributed by atoms with Crippen LogP contribution in [0, 0.1) is 0 Å². The quantitative estimate of drug-likeness (QED) is 0.507. The molecule has 1 aromatic rings. The van der Waals surface area contributed by atoms with Crippen LogP contribution in [-0.2, 0) is 10.3 Å². The summed E-state index contributed by atoms with van der Waals surface area (Å²) in [5.74, 6) is 0. The first-order chi connectivity index (χ1) is 8.15. The van der Waals surface area contributed by atoms with Gasteiger partial charge in [-0.15, -0.1) is 0 Å². The summed E-state index contributed by atoms with van der Waals surface area (Å²) < 4.78 is 5.40. The van der Waals surface area contributed by atoms with Gasteiger partial charge in [0.25, 0.3) is 0 Å². The van der Waals surface area contributed by atoms with Crippen LogP contribution in [0.15, 0.2) is 24.4 Å². The van der Waals surface area contributed by atoms with E-state index in [1.165, 1.54) is 6.20 Å². The Kier molecular flexibility index (Phi) is 3.41. The Balaban J connectivity index is 2.39. The van der Waals surface area contributed by atoms with E-state index in [-0.39, 0.29) is 0 Å². The maximum absolute atomic E-state index is 9.98. The van der Waals surface area contributed by atoms with Crippen LogP contribution in [0.2, 0.25) is 0 Å². The minimum atomic E-state index is -1.48. The van der Waals surface area contributed by atoms with E-state index >= 15 is 0 Å². The van der Waals surface area contributed by atoms with Crippen LogP contribution in [0.3, 0.4) is 0 Å². The molecule has 0 aliphatic carbocycles. The Morgan fingerprint density at radius 3 is 2.53 bits per heavy atom. The first-order valence-corrected chi connectivity index (χ1v) is 5.33. The summed E-state index contributed by atoms with van der Waals surface area (Å²) in [6, 6.07) is 4.97. The topological polar surface area (TPSA) is 103 Å². The van der Waals surface area contributed by atoms with Gasteiger partial charge in [-0.25, -0.2) is 0 Å².